The zero-order valence-corrected chi connectivity index (χ0v) is 22.6. The van der Waals surface area contributed by atoms with Crippen LogP contribution in [-0.4, -0.2) is 65.9 Å². The van der Waals surface area contributed by atoms with Crippen molar-refractivity contribution in [2.45, 2.75) is 82.8 Å². The summed E-state index contributed by atoms with van der Waals surface area (Å²) < 4.78 is 11.2. The summed E-state index contributed by atoms with van der Waals surface area (Å²) in [5, 5.41) is 12.4. The van der Waals surface area contributed by atoms with Gasteiger partial charge in [0.1, 0.15) is 6.10 Å². The molecule has 2 heterocycles. The third-order valence-corrected chi connectivity index (χ3v) is 11.4. The van der Waals surface area contributed by atoms with Crippen molar-refractivity contribution in [1.82, 2.24) is 9.80 Å². The van der Waals surface area contributed by atoms with E-state index >= 15 is 0 Å². The number of rotatable bonds is 2. The molecule has 1 saturated heterocycles. The summed E-state index contributed by atoms with van der Waals surface area (Å²) >= 11 is 0. The summed E-state index contributed by atoms with van der Waals surface area (Å²) in [7, 11) is 2.09. The van der Waals surface area contributed by atoms with E-state index in [4.69, 9.17) is 9.15 Å². The zero-order chi connectivity index (χ0) is 26.0. The molecule has 3 saturated carbocycles. The number of amides is 1. The predicted octanol–water partition coefficient (Wildman–Crippen LogP) is 4.55. The van der Waals surface area contributed by atoms with Gasteiger partial charge >= 0.3 is 11.7 Å². The van der Waals surface area contributed by atoms with Crippen LogP contribution in [0.4, 0.5) is 4.79 Å². The van der Waals surface area contributed by atoms with Crippen LogP contribution in [0.25, 0.3) is 0 Å². The lowest BCUT2D eigenvalue weighted by molar-refractivity contribution is -0.178. The number of carbonyl (C=O) groups is 1. The predicted molar refractivity (Wildman–Crippen MR) is 140 cm³/mol. The number of allylic oxidation sites excluding steroid dienone is 1. The van der Waals surface area contributed by atoms with E-state index in [9.17, 15) is 14.7 Å². The van der Waals surface area contributed by atoms with Crippen LogP contribution in [0, 0.1) is 22.7 Å². The molecule has 4 fully saturated rings. The van der Waals surface area contributed by atoms with Crippen LogP contribution >= 0.6 is 0 Å². The molecule has 5 aliphatic rings. The lowest BCUT2D eigenvalue weighted by atomic mass is 9.45. The number of hydrogen-bond donors (Lipinski definition) is 1. The van der Waals surface area contributed by atoms with Crippen molar-refractivity contribution in [3.63, 3.8) is 0 Å². The van der Waals surface area contributed by atoms with Gasteiger partial charge in [-0.1, -0.05) is 19.4 Å². The molecule has 0 bridgehead atoms. The van der Waals surface area contributed by atoms with Crippen LogP contribution in [0.1, 0.15) is 76.7 Å². The van der Waals surface area contributed by atoms with Crippen molar-refractivity contribution in [2.75, 3.05) is 33.2 Å². The van der Waals surface area contributed by atoms with E-state index < -0.39 is 5.60 Å². The number of hydrogen-bond acceptors (Lipinski definition) is 6. The zero-order valence-electron chi connectivity index (χ0n) is 22.6. The van der Waals surface area contributed by atoms with Crippen LogP contribution in [0.2, 0.25) is 0 Å². The first-order chi connectivity index (χ1) is 17.6. The van der Waals surface area contributed by atoms with Gasteiger partial charge in [0.15, 0.2) is 0 Å². The van der Waals surface area contributed by atoms with Crippen molar-refractivity contribution in [1.29, 1.82) is 0 Å². The number of carbonyl (C=O) groups excluding carboxylic acids is 1. The molecular weight excluding hydrogens is 468 g/mol. The number of fused-ring (bicyclic) bond motifs is 5. The summed E-state index contributed by atoms with van der Waals surface area (Å²) in [6.45, 7) is 7.92. The first kappa shape index (κ1) is 25.2. The van der Waals surface area contributed by atoms with Gasteiger partial charge in [-0.2, -0.15) is 0 Å². The van der Waals surface area contributed by atoms with E-state index in [1.54, 1.807) is 6.26 Å². The minimum atomic E-state index is -0.712. The molecule has 1 aromatic heterocycles. The van der Waals surface area contributed by atoms with Gasteiger partial charge in [0.2, 0.25) is 0 Å². The molecule has 1 aromatic rings. The Balaban J connectivity index is 1.19. The number of aliphatic hydroxyl groups is 1. The average molecular weight is 511 g/mol. The molecular formula is C30H42N2O5. The fraction of sp³-hybridized carbons (Fsp3) is 0.733. The Labute approximate surface area is 219 Å². The molecule has 0 unspecified atom stereocenters. The molecule has 202 valence electrons. The Morgan fingerprint density at radius 1 is 1.03 bits per heavy atom. The largest absolute Gasteiger partial charge is 0.442 e. The quantitative estimate of drug-likeness (QED) is 0.588. The minimum Gasteiger partial charge on any atom is -0.442 e. The minimum absolute atomic E-state index is 0.0499. The first-order valence-electron chi connectivity index (χ1n) is 14.3. The maximum absolute atomic E-state index is 12.8. The summed E-state index contributed by atoms with van der Waals surface area (Å²) in [5.74, 6) is 0.906. The molecule has 37 heavy (non-hydrogen) atoms. The summed E-state index contributed by atoms with van der Waals surface area (Å²) in [6.07, 6.45) is 11.1. The average Bonchev–Trinajstić information content (AvgIpc) is 3.16. The van der Waals surface area contributed by atoms with Crippen molar-refractivity contribution in [2.24, 2.45) is 22.7 Å². The standard InChI is InChI=1S/C30H42N2O5/c1-28-11-8-22(37-27(34)32-16-14-31(3)15-17-32)18-21(28)5-6-25-24(28)9-12-29(2)23(10-13-30(25,29)35)20-4-7-26(33)36-19-20/h4,7,18-19,22-25,35H,5-6,8-17H2,1-3H3/t22-,23+,24-,25+,28-,29+,30-/m0/s1. The van der Waals surface area contributed by atoms with Gasteiger partial charge in [-0.25, -0.2) is 9.59 Å². The topological polar surface area (TPSA) is 83.2 Å². The molecule has 7 atom stereocenters. The molecule has 0 radical (unpaired) electrons. The lowest BCUT2D eigenvalue weighted by Crippen LogP contribution is -2.60. The maximum Gasteiger partial charge on any atom is 0.410 e. The van der Waals surface area contributed by atoms with Gasteiger partial charge in [-0.15, -0.1) is 0 Å². The van der Waals surface area contributed by atoms with Crippen LogP contribution in [0.5, 0.6) is 0 Å². The van der Waals surface area contributed by atoms with E-state index in [1.807, 2.05) is 11.0 Å². The molecule has 1 aliphatic heterocycles. The van der Waals surface area contributed by atoms with Gasteiger partial charge in [0.25, 0.3) is 0 Å². The number of piperazine rings is 1. The Bertz CT molecular complexity index is 1120. The Morgan fingerprint density at radius 2 is 1.81 bits per heavy atom. The molecule has 0 aromatic carbocycles. The molecule has 4 aliphatic carbocycles. The third kappa shape index (κ3) is 3.91. The van der Waals surface area contributed by atoms with E-state index in [-0.39, 0.29) is 40.5 Å². The summed E-state index contributed by atoms with van der Waals surface area (Å²) in [5.41, 5.74) is 1.27. The second-order valence-corrected chi connectivity index (χ2v) is 13.0. The van der Waals surface area contributed by atoms with Gasteiger partial charge in [-0.05, 0) is 99.3 Å². The highest BCUT2D eigenvalue weighted by atomic mass is 16.6. The second kappa shape index (κ2) is 8.98. The van der Waals surface area contributed by atoms with E-state index in [0.717, 1.165) is 83.1 Å². The van der Waals surface area contributed by atoms with Crippen molar-refractivity contribution >= 4 is 6.09 Å². The molecule has 7 nitrogen and oxygen atoms in total. The normalized spacial score (nSPS) is 41.8. The monoisotopic (exact) mass is 510 g/mol. The SMILES string of the molecule is CN1CCN(C(=O)O[C@@H]2C=C3CC[C@@H]4[C@H](CC[C@]5(C)[C@@H](c6ccc(=O)oc6)CC[C@]45O)[C@@]3(C)CC2)CC1. The fourth-order valence-electron chi connectivity index (χ4n) is 9.05. The second-order valence-electron chi connectivity index (χ2n) is 13.0. The highest BCUT2D eigenvalue weighted by Crippen LogP contribution is 2.70. The summed E-state index contributed by atoms with van der Waals surface area (Å²) in [6, 6.07) is 3.41. The molecule has 7 heteroatoms. The van der Waals surface area contributed by atoms with Crippen molar-refractivity contribution < 1.29 is 19.1 Å². The molecule has 0 spiro atoms. The molecule has 1 amide bonds. The Kier molecular flexibility index (Phi) is 6.11. The van der Waals surface area contributed by atoms with Crippen molar-refractivity contribution in [3.05, 3.63) is 46.0 Å². The molecule has 1 N–H and O–H groups in total. The fourth-order valence-corrected chi connectivity index (χ4v) is 9.05. The Hall–Kier alpha value is -2.12. The summed E-state index contributed by atoms with van der Waals surface area (Å²) in [4.78, 5) is 28.4. The van der Waals surface area contributed by atoms with Gasteiger partial charge in [0.05, 0.1) is 11.9 Å². The van der Waals surface area contributed by atoms with Crippen LogP contribution in [-0.2, 0) is 4.74 Å². The van der Waals surface area contributed by atoms with Gasteiger partial charge in [-0.3, -0.25) is 0 Å². The smallest absolute Gasteiger partial charge is 0.410 e. The maximum atomic E-state index is 12.8. The third-order valence-electron chi connectivity index (χ3n) is 11.4. The van der Waals surface area contributed by atoms with Gasteiger partial charge < -0.3 is 24.1 Å². The molecule has 6 rings (SSSR count). The lowest BCUT2D eigenvalue weighted by Gasteiger charge is -2.61. The Morgan fingerprint density at radius 3 is 2.54 bits per heavy atom. The van der Waals surface area contributed by atoms with Crippen LogP contribution < -0.4 is 5.63 Å². The van der Waals surface area contributed by atoms with Crippen molar-refractivity contribution in [3.8, 4) is 0 Å². The number of ether oxygens (including phenoxy) is 1. The highest BCUT2D eigenvalue weighted by Gasteiger charge is 2.66. The van der Waals surface area contributed by atoms with Gasteiger partial charge in [0, 0.05) is 37.7 Å². The number of nitrogens with zero attached hydrogens (tertiary/aromatic N) is 2. The van der Waals surface area contributed by atoms with E-state index in [0.29, 0.717) is 5.92 Å². The van der Waals surface area contributed by atoms with Crippen LogP contribution in [0.15, 0.2) is 39.3 Å². The van der Waals surface area contributed by atoms with E-state index in [1.165, 1.54) is 11.6 Å². The highest BCUT2D eigenvalue weighted by molar-refractivity contribution is 5.68. The van der Waals surface area contributed by atoms with E-state index in [2.05, 4.69) is 31.9 Å². The number of likely N-dealkylation sites (N-methyl/N-ethyl adjacent to an activating group) is 1. The first-order valence-corrected chi connectivity index (χ1v) is 14.3. The van der Waals surface area contributed by atoms with Crippen LogP contribution in [0.3, 0.4) is 0 Å².